The van der Waals surface area contributed by atoms with Gasteiger partial charge in [-0.2, -0.15) is 0 Å². The number of carboxylic acid groups (broad SMARTS) is 1. The number of benzene rings is 1. The Balaban J connectivity index is 1.29. The Bertz CT molecular complexity index is 989. The van der Waals surface area contributed by atoms with Crippen LogP contribution in [0.3, 0.4) is 0 Å². The molecule has 4 unspecified atom stereocenters. The molecule has 5 rings (SSSR count). The van der Waals surface area contributed by atoms with E-state index in [2.05, 4.69) is 34.6 Å². The molecule has 4 saturated carbocycles. The molecule has 0 aromatic heterocycles. The second-order valence-corrected chi connectivity index (χ2v) is 14.5. The molecule has 12 atom stereocenters. The van der Waals surface area contributed by atoms with Crippen LogP contribution in [-0.4, -0.2) is 33.5 Å². The molecule has 4 aliphatic carbocycles. The fourth-order valence-corrected chi connectivity index (χ4v) is 10.8. The lowest BCUT2D eigenvalue weighted by Crippen LogP contribution is -2.62. The van der Waals surface area contributed by atoms with Crippen molar-refractivity contribution in [1.82, 2.24) is 0 Å². The zero-order chi connectivity index (χ0) is 27.4. The van der Waals surface area contributed by atoms with Gasteiger partial charge in [0, 0.05) is 0 Å². The predicted molar refractivity (Wildman–Crippen MR) is 152 cm³/mol. The van der Waals surface area contributed by atoms with Gasteiger partial charge in [0.05, 0.1) is 17.8 Å². The van der Waals surface area contributed by atoms with Crippen LogP contribution in [0.1, 0.15) is 121 Å². The van der Waals surface area contributed by atoms with E-state index in [0.29, 0.717) is 58.3 Å². The van der Waals surface area contributed by atoms with Crippen LogP contribution in [0.5, 0.6) is 0 Å². The van der Waals surface area contributed by atoms with E-state index in [-0.39, 0.29) is 17.6 Å². The summed E-state index contributed by atoms with van der Waals surface area (Å²) in [5.74, 6) is 3.32. The summed E-state index contributed by atoms with van der Waals surface area (Å²) < 4.78 is 0. The maximum Gasteiger partial charge on any atom is 0.335 e. The molecular weight excluding hydrogens is 472 g/mol. The van der Waals surface area contributed by atoms with Crippen molar-refractivity contribution in [2.24, 2.45) is 52.3 Å². The van der Waals surface area contributed by atoms with E-state index in [9.17, 15) is 20.1 Å². The molecule has 0 radical (unpaired) electrons. The molecule has 0 saturated heterocycles. The van der Waals surface area contributed by atoms with Crippen LogP contribution >= 0.6 is 0 Å². The van der Waals surface area contributed by atoms with E-state index in [0.717, 1.165) is 32.1 Å². The van der Waals surface area contributed by atoms with Crippen LogP contribution in [0.15, 0.2) is 24.3 Å². The summed E-state index contributed by atoms with van der Waals surface area (Å²) in [7, 11) is 0. The first kappa shape index (κ1) is 28.1. The van der Waals surface area contributed by atoms with Gasteiger partial charge in [0.25, 0.3) is 0 Å². The number of aliphatic hydroxyl groups is 2. The topological polar surface area (TPSA) is 77.8 Å². The first-order valence-corrected chi connectivity index (χ1v) is 15.7. The molecule has 0 aliphatic heterocycles. The monoisotopic (exact) mass is 524 g/mol. The van der Waals surface area contributed by atoms with Gasteiger partial charge in [-0.25, -0.2) is 4.79 Å². The van der Waals surface area contributed by atoms with E-state index in [1.54, 1.807) is 12.1 Å². The fourth-order valence-electron chi connectivity index (χ4n) is 10.8. The normalized spacial score (nSPS) is 44.0. The number of carboxylic acids is 1. The van der Waals surface area contributed by atoms with E-state index in [1.807, 2.05) is 12.1 Å². The van der Waals surface area contributed by atoms with Crippen LogP contribution < -0.4 is 0 Å². The third kappa shape index (κ3) is 4.56. The van der Waals surface area contributed by atoms with Gasteiger partial charge in [-0.05, 0) is 134 Å². The molecule has 1 aromatic carbocycles. The van der Waals surface area contributed by atoms with Crippen LogP contribution in [0, 0.1) is 52.3 Å². The van der Waals surface area contributed by atoms with Gasteiger partial charge < -0.3 is 15.3 Å². The van der Waals surface area contributed by atoms with Crippen molar-refractivity contribution < 1.29 is 20.1 Å². The third-order valence-electron chi connectivity index (χ3n) is 12.9. The minimum atomic E-state index is -0.865. The van der Waals surface area contributed by atoms with Gasteiger partial charge >= 0.3 is 5.97 Å². The summed E-state index contributed by atoms with van der Waals surface area (Å²) in [5, 5.41) is 31.7. The average Bonchev–Trinajstić information content (AvgIpc) is 3.25. The third-order valence-corrected chi connectivity index (χ3v) is 12.9. The number of fused-ring (bicyclic) bond motifs is 5. The maximum absolute atomic E-state index is 11.9. The standard InChI is InChI=1S/C34H52O4/c1-6-25-29-19-24(35)15-17-34(29,5)28-16-18-33(4)26(13-14-27(33)30(28)31(25)36)21(3)8-7-20(2)22-9-11-23(12-10-22)32(37)38/h9-12,20-21,24-31,35-36H,6-8,13-19H2,1-5H3,(H,37,38)/t20?,21-,24-,25-,26-,27?,28?,29+,30?,31-,33-,34-/m1/s1. The quantitative estimate of drug-likeness (QED) is 0.344. The van der Waals surface area contributed by atoms with Gasteiger partial charge in [0.2, 0.25) is 0 Å². The molecular formula is C34H52O4. The predicted octanol–water partition coefficient (Wildman–Crippen LogP) is 7.53. The lowest BCUT2D eigenvalue weighted by atomic mass is 9.41. The zero-order valence-corrected chi connectivity index (χ0v) is 24.4. The van der Waals surface area contributed by atoms with Gasteiger partial charge in [0.1, 0.15) is 0 Å². The number of aliphatic hydroxyl groups excluding tert-OH is 2. The van der Waals surface area contributed by atoms with Crippen LogP contribution in [-0.2, 0) is 0 Å². The summed E-state index contributed by atoms with van der Waals surface area (Å²) in [6.45, 7) is 12.1. The van der Waals surface area contributed by atoms with E-state index >= 15 is 0 Å². The van der Waals surface area contributed by atoms with Gasteiger partial charge in [-0.15, -0.1) is 0 Å². The van der Waals surface area contributed by atoms with Crippen molar-refractivity contribution >= 4 is 5.97 Å². The Morgan fingerprint density at radius 2 is 1.58 bits per heavy atom. The second-order valence-electron chi connectivity index (χ2n) is 14.5. The fraction of sp³-hybridized carbons (Fsp3) is 0.794. The average molecular weight is 525 g/mol. The number of hydrogen-bond acceptors (Lipinski definition) is 3. The lowest BCUT2D eigenvalue weighted by Gasteiger charge is -2.64. The second kappa shape index (κ2) is 10.5. The molecule has 0 bridgehead atoms. The molecule has 0 heterocycles. The highest BCUT2D eigenvalue weighted by molar-refractivity contribution is 5.87. The van der Waals surface area contributed by atoms with Crippen molar-refractivity contribution in [2.45, 2.75) is 117 Å². The molecule has 0 spiro atoms. The Kier molecular flexibility index (Phi) is 7.81. The summed E-state index contributed by atoms with van der Waals surface area (Å²) in [6, 6.07) is 7.44. The minimum Gasteiger partial charge on any atom is -0.478 e. The van der Waals surface area contributed by atoms with Gasteiger partial charge in [-0.3, -0.25) is 0 Å². The number of rotatable bonds is 7. The summed E-state index contributed by atoms with van der Waals surface area (Å²) in [6.07, 6.45) is 10.9. The Morgan fingerprint density at radius 1 is 0.921 bits per heavy atom. The van der Waals surface area contributed by atoms with Crippen molar-refractivity contribution in [2.75, 3.05) is 0 Å². The molecule has 38 heavy (non-hydrogen) atoms. The largest absolute Gasteiger partial charge is 0.478 e. The van der Waals surface area contributed by atoms with Crippen LogP contribution in [0.4, 0.5) is 0 Å². The van der Waals surface area contributed by atoms with Crippen molar-refractivity contribution in [1.29, 1.82) is 0 Å². The summed E-state index contributed by atoms with van der Waals surface area (Å²) in [4.78, 5) is 11.2. The van der Waals surface area contributed by atoms with E-state index in [4.69, 9.17) is 0 Å². The molecule has 4 nitrogen and oxygen atoms in total. The smallest absolute Gasteiger partial charge is 0.335 e. The zero-order valence-electron chi connectivity index (χ0n) is 24.4. The van der Waals surface area contributed by atoms with E-state index < -0.39 is 5.97 Å². The van der Waals surface area contributed by atoms with Crippen LogP contribution in [0.25, 0.3) is 0 Å². The Morgan fingerprint density at radius 3 is 2.24 bits per heavy atom. The van der Waals surface area contributed by atoms with Gasteiger partial charge in [-0.1, -0.05) is 53.2 Å². The number of carbonyl (C=O) groups is 1. The maximum atomic E-state index is 11.9. The molecule has 1 aromatic rings. The number of aromatic carboxylic acids is 1. The first-order chi connectivity index (χ1) is 18.0. The number of hydrogen-bond donors (Lipinski definition) is 3. The molecule has 212 valence electrons. The van der Waals surface area contributed by atoms with Gasteiger partial charge in [0.15, 0.2) is 0 Å². The lowest BCUT2D eigenvalue weighted by molar-refractivity contribution is -0.203. The van der Waals surface area contributed by atoms with Crippen molar-refractivity contribution in [3.8, 4) is 0 Å². The SMILES string of the molecule is CC[C@H]1[C@@H](O)C2C3CC[C@H]([C@H](C)CCC(C)c4ccc(C(=O)O)cc4)[C@@]3(C)CCC2[C@@]2(C)CC[C@@H](O)C[C@@H]12. The van der Waals surface area contributed by atoms with Crippen molar-refractivity contribution in [3.05, 3.63) is 35.4 Å². The molecule has 3 N–H and O–H groups in total. The minimum absolute atomic E-state index is 0.186. The Labute approximate surface area is 230 Å². The molecule has 4 heteroatoms. The summed E-state index contributed by atoms with van der Waals surface area (Å²) in [5.41, 5.74) is 2.16. The van der Waals surface area contributed by atoms with E-state index in [1.165, 1.54) is 37.7 Å². The first-order valence-electron chi connectivity index (χ1n) is 15.7. The van der Waals surface area contributed by atoms with Crippen LogP contribution in [0.2, 0.25) is 0 Å². The highest BCUT2D eigenvalue weighted by Gasteiger charge is 2.64. The highest BCUT2D eigenvalue weighted by atomic mass is 16.4. The molecule has 0 amide bonds. The summed E-state index contributed by atoms with van der Waals surface area (Å²) >= 11 is 0. The Hall–Kier alpha value is -1.39. The molecule has 4 fully saturated rings. The highest BCUT2D eigenvalue weighted by Crippen LogP contribution is 2.69. The molecule has 4 aliphatic rings. The van der Waals surface area contributed by atoms with Crippen molar-refractivity contribution in [3.63, 3.8) is 0 Å².